The van der Waals surface area contributed by atoms with Crippen LogP contribution in [-0.2, 0) is 22.4 Å². The maximum absolute atomic E-state index is 12.4. The van der Waals surface area contributed by atoms with Crippen molar-refractivity contribution in [2.24, 2.45) is 5.73 Å². The molecule has 21 heavy (non-hydrogen) atoms. The van der Waals surface area contributed by atoms with Gasteiger partial charge in [-0.25, -0.2) is 0 Å². The number of ether oxygens (including phenoxy) is 1. The number of fused-ring (bicyclic) bond motifs is 1. The minimum atomic E-state index is -0.246. The third-order valence-electron chi connectivity index (χ3n) is 3.36. The van der Waals surface area contributed by atoms with Crippen LogP contribution in [0.3, 0.4) is 0 Å². The van der Waals surface area contributed by atoms with E-state index in [-0.39, 0.29) is 18.4 Å². The van der Waals surface area contributed by atoms with E-state index in [1.165, 1.54) is 23.3 Å². The lowest BCUT2D eigenvalue weighted by Gasteiger charge is -2.13. The normalized spacial score (nSPS) is 13.6. The van der Waals surface area contributed by atoms with Crippen molar-refractivity contribution in [2.45, 2.75) is 25.7 Å². The second-order valence-electron chi connectivity index (χ2n) is 4.94. The first-order valence-electron chi connectivity index (χ1n) is 7.09. The van der Waals surface area contributed by atoms with Crippen LogP contribution in [0.1, 0.15) is 33.6 Å². The van der Waals surface area contributed by atoms with Crippen LogP contribution in [0.4, 0.5) is 5.00 Å². The quantitative estimate of drug-likeness (QED) is 0.727. The van der Waals surface area contributed by atoms with Crippen LogP contribution in [0.2, 0.25) is 0 Å². The zero-order valence-electron chi connectivity index (χ0n) is 12.2. The third kappa shape index (κ3) is 3.81. The number of hydrogen-bond acceptors (Lipinski definition) is 5. The third-order valence-corrected chi connectivity index (χ3v) is 4.56. The number of amides is 2. The topological polar surface area (TPSA) is 93.4 Å². The summed E-state index contributed by atoms with van der Waals surface area (Å²) in [6.07, 6.45) is 4.06. The Hall–Kier alpha value is -1.44. The second-order valence-corrected chi connectivity index (χ2v) is 6.05. The lowest BCUT2D eigenvalue weighted by Crippen LogP contribution is -2.30. The minimum Gasteiger partial charge on any atom is -0.375 e. The van der Waals surface area contributed by atoms with Crippen LogP contribution in [0, 0.1) is 0 Å². The molecule has 0 saturated carbocycles. The summed E-state index contributed by atoms with van der Waals surface area (Å²) in [6.45, 7) is 0.796. The Labute approximate surface area is 128 Å². The number of thiophene rings is 1. The molecule has 116 valence electrons. The molecule has 1 heterocycles. The molecule has 4 N–H and O–H groups in total. The Morgan fingerprint density at radius 3 is 2.81 bits per heavy atom. The molecular formula is C14H21N3O3S. The molecule has 0 radical (unpaired) electrons. The van der Waals surface area contributed by atoms with Gasteiger partial charge in [0, 0.05) is 25.1 Å². The van der Waals surface area contributed by atoms with Crippen molar-refractivity contribution in [3.63, 3.8) is 0 Å². The van der Waals surface area contributed by atoms with Crippen molar-refractivity contribution in [3.05, 3.63) is 16.0 Å². The molecule has 0 fully saturated rings. The van der Waals surface area contributed by atoms with Crippen LogP contribution >= 0.6 is 11.3 Å². The fraction of sp³-hybridized carbons (Fsp3) is 0.571. The Kier molecular flexibility index (Phi) is 5.72. The van der Waals surface area contributed by atoms with Gasteiger partial charge in [-0.15, -0.1) is 11.3 Å². The molecule has 1 aliphatic rings. The zero-order valence-corrected chi connectivity index (χ0v) is 13.0. The number of hydrogen-bond donors (Lipinski definition) is 3. The van der Waals surface area contributed by atoms with E-state index in [1.54, 1.807) is 0 Å². The first-order chi connectivity index (χ1) is 10.2. The van der Waals surface area contributed by atoms with Gasteiger partial charge >= 0.3 is 0 Å². The average molecular weight is 311 g/mol. The van der Waals surface area contributed by atoms with E-state index >= 15 is 0 Å². The lowest BCUT2D eigenvalue weighted by molar-refractivity contribution is -0.119. The molecule has 0 unspecified atom stereocenters. The number of aryl methyl sites for hydroxylation is 1. The van der Waals surface area contributed by atoms with E-state index in [4.69, 9.17) is 10.5 Å². The van der Waals surface area contributed by atoms with Crippen LogP contribution in [0.15, 0.2) is 0 Å². The molecule has 1 aromatic rings. The summed E-state index contributed by atoms with van der Waals surface area (Å²) in [7, 11) is 1.47. The number of carbonyl (C=O) groups excluding carboxylic acids is 2. The molecule has 7 heteroatoms. The van der Waals surface area contributed by atoms with E-state index in [0.29, 0.717) is 23.7 Å². The molecule has 0 aliphatic heterocycles. The standard InChI is InChI=1S/C14H21N3O3S/c1-20-8-11(18)17-14-12(13(19)16-7-6-15)9-4-2-3-5-10(9)21-14/h2-8,15H2,1H3,(H,16,19)(H,17,18). The minimum absolute atomic E-state index is 0.0214. The molecule has 1 aliphatic carbocycles. The summed E-state index contributed by atoms with van der Waals surface area (Å²) < 4.78 is 4.82. The highest BCUT2D eigenvalue weighted by atomic mass is 32.1. The molecule has 6 nitrogen and oxygen atoms in total. The monoisotopic (exact) mass is 311 g/mol. The van der Waals surface area contributed by atoms with Gasteiger partial charge in [-0.2, -0.15) is 0 Å². The second kappa shape index (κ2) is 7.53. The molecule has 0 saturated heterocycles. The summed E-state index contributed by atoms with van der Waals surface area (Å²) in [4.78, 5) is 25.3. The SMILES string of the molecule is COCC(=O)Nc1sc2c(c1C(=O)NCCN)CCCC2. The first-order valence-corrected chi connectivity index (χ1v) is 7.90. The molecule has 0 aromatic carbocycles. The van der Waals surface area contributed by atoms with Crippen LogP contribution in [-0.4, -0.2) is 38.6 Å². The van der Waals surface area contributed by atoms with Crippen LogP contribution in [0.25, 0.3) is 0 Å². The molecule has 0 spiro atoms. The first kappa shape index (κ1) is 15.9. The summed E-state index contributed by atoms with van der Waals surface area (Å²) in [5.74, 6) is -0.406. The molecule has 2 amide bonds. The molecule has 2 rings (SSSR count). The van der Waals surface area contributed by atoms with Gasteiger partial charge in [0.05, 0.1) is 5.56 Å². The number of nitrogens with one attached hydrogen (secondary N) is 2. The number of rotatable bonds is 6. The van der Waals surface area contributed by atoms with E-state index < -0.39 is 0 Å². The van der Waals surface area contributed by atoms with Gasteiger partial charge in [-0.3, -0.25) is 9.59 Å². The van der Waals surface area contributed by atoms with Crippen molar-refractivity contribution in [1.29, 1.82) is 0 Å². The Morgan fingerprint density at radius 2 is 2.10 bits per heavy atom. The lowest BCUT2D eigenvalue weighted by atomic mass is 9.95. The molecule has 0 atom stereocenters. The summed E-state index contributed by atoms with van der Waals surface area (Å²) in [5.41, 5.74) is 7.11. The highest BCUT2D eigenvalue weighted by Gasteiger charge is 2.26. The number of methoxy groups -OCH3 is 1. The maximum Gasteiger partial charge on any atom is 0.254 e. The van der Waals surface area contributed by atoms with Crippen molar-refractivity contribution in [3.8, 4) is 0 Å². The van der Waals surface area contributed by atoms with Gasteiger partial charge in [0.25, 0.3) is 11.8 Å². The van der Waals surface area contributed by atoms with Crippen molar-refractivity contribution in [1.82, 2.24) is 5.32 Å². The molecule has 0 bridgehead atoms. The van der Waals surface area contributed by atoms with Gasteiger partial charge in [0.1, 0.15) is 11.6 Å². The summed E-state index contributed by atoms with van der Waals surface area (Å²) in [6, 6.07) is 0. The van der Waals surface area contributed by atoms with Gasteiger partial charge in [0.2, 0.25) is 0 Å². The van der Waals surface area contributed by atoms with E-state index in [2.05, 4.69) is 10.6 Å². The predicted octanol–water partition coefficient (Wildman–Crippen LogP) is 0.900. The highest BCUT2D eigenvalue weighted by molar-refractivity contribution is 7.17. The number of carbonyl (C=O) groups is 2. The van der Waals surface area contributed by atoms with Crippen molar-refractivity contribution < 1.29 is 14.3 Å². The van der Waals surface area contributed by atoms with E-state index in [1.807, 2.05) is 0 Å². The summed E-state index contributed by atoms with van der Waals surface area (Å²) >= 11 is 1.50. The zero-order chi connectivity index (χ0) is 15.2. The highest BCUT2D eigenvalue weighted by Crippen LogP contribution is 2.38. The van der Waals surface area contributed by atoms with Crippen molar-refractivity contribution in [2.75, 3.05) is 32.1 Å². The molecular weight excluding hydrogens is 290 g/mol. The largest absolute Gasteiger partial charge is 0.375 e. The smallest absolute Gasteiger partial charge is 0.254 e. The number of nitrogens with two attached hydrogens (primary N) is 1. The van der Waals surface area contributed by atoms with Gasteiger partial charge in [0.15, 0.2) is 0 Å². The van der Waals surface area contributed by atoms with E-state index in [9.17, 15) is 9.59 Å². The average Bonchev–Trinajstić information content (AvgIpc) is 2.82. The summed E-state index contributed by atoms with van der Waals surface area (Å²) in [5, 5.41) is 6.20. The fourth-order valence-corrected chi connectivity index (χ4v) is 3.76. The van der Waals surface area contributed by atoms with Crippen molar-refractivity contribution >= 4 is 28.2 Å². The Morgan fingerprint density at radius 1 is 1.33 bits per heavy atom. The van der Waals surface area contributed by atoms with Crippen LogP contribution < -0.4 is 16.4 Å². The van der Waals surface area contributed by atoms with Crippen LogP contribution in [0.5, 0.6) is 0 Å². The van der Waals surface area contributed by atoms with Gasteiger partial charge < -0.3 is 21.1 Å². The fourth-order valence-electron chi connectivity index (χ4n) is 2.46. The van der Waals surface area contributed by atoms with E-state index in [0.717, 1.165) is 31.2 Å². The maximum atomic E-state index is 12.4. The number of anilines is 1. The molecule has 1 aromatic heterocycles. The van der Waals surface area contributed by atoms with Gasteiger partial charge in [-0.05, 0) is 31.2 Å². The Bertz CT molecular complexity index is 528. The predicted molar refractivity (Wildman–Crippen MR) is 82.9 cm³/mol. The Balaban J connectivity index is 2.27. The van der Waals surface area contributed by atoms with Gasteiger partial charge in [-0.1, -0.05) is 0 Å².